The third-order valence-electron chi connectivity index (χ3n) is 3.03. The fraction of sp³-hybridized carbons (Fsp3) is 0.462. The van der Waals surface area contributed by atoms with Crippen molar-refractivity contribution < 1.29 is 13.2 Å². The molecule has 0 heterocycles. The summed E-state index contributed by atoms with van der Waals surface area (Å²) >= 11 is 0. The van der Waals surface area contributed by atoms with E-state index >= 15 is 0 Å². The first-order chi connectivity index (χ1) is 8.73. The summed E-state index contributed by atoms with van der Waals surface area (Å²) in [6.07, 6.45) is 1.76. The highest BCUT2D eigenvalue weighted by molar-refractivity contribution is 7.92. The molecular formula is C13H20N2O3S. The Hall–Kier alpha value is -1.56. The van der Waals surface area contributed by atoms with Gasteiger partial charge in [-0.2, -0.15) is 0 Å². The molecule has 0 bridgehead atoms. The van der Waals surface area contributed by atoms with Gasteiger partial charge in [0, 0.05) is 13.0 Å². The lowest BCUT2D eigenvalue weighted by molar-refractivity contribution is -0.118. The molecule has 0 saturated carbocycles. The number of nitrogens with zero attached hydrogens (tertiary/aromatic N) is 1. The van der Waals surface area contributed by atoms with Crippen molar-refractivity contribution in [2.24, 2.45) is 5.73 Å². The molecule has 0 atom stereocenters. The van der Waals surface area contributed by atoms with Crippen molar-refractivity contribution in [1.82, 2.24) is 0 Å². The smallest absolute Gasteiger partial charge is 0.232 e. The molecule has 106 valence electrons. The summed E-state index contributed by atoms with van der Waals surface area (Å²) in [5.41, 5.74) is 7.68. The molecule has 1 aromatic rings. The number of hydrogen-bond donors (Lipinski definition) is 1. The van der Waals surface area contributed by atoms with E-state index in [9.17, 15) is 13.2 Å². The topological polar surface area (TPSA) is 80.5 Å². The average Bonchev–Trinajstić information content (AvgIpc) is 2.27. The van der Waals surface area contributed by atoms with Gasteiger partial charge in [-0.25, -0.2) is 8.42 Å². The zero-order valence-electron chi connectivity index (χ0n) is 11.5. The van der Waals surface area contributed by atoms with Crippen molar-refractivity contribution in [3.63, 3.8) is 0 Å². The Labute approximate surface area is 114 Å². The predicted octanol–water partition coefficient (Wildman–Crippen LogP) is 1.33. The highest BCUT2D eigenvalue weighted by Gasteiger charge is 2.19. The summed E-state index contributed by atoms with van der Waals surface area (Å²) in [7, 11) is -3.37. The first-order valence-electron chi connectivity index (χ1n) is 6.05. The third-order valence-corrected chi connectivity index (χ3v) is 4.21. The van der Waals surface area contributed by atoms with Gasteiger partial charge in [0.15, 0.2) is 0 Å². The summed E-state index contributed by atoms with van der Waals surface area (Å²) in [6.45, 7) is 4.08. The fourth-order valence-electron chi connectivity index (χ4n) is 1.87. The number of carbonyl (C=O) groups excluding carboxylic acids is 1. The Kier molecular flexibility index (Phi) is 4.94. The van der Waals surface area contributed by atoms with Crippen LogP contribution in [-0.2, 0) is 14.8 Å². The number of sulfonamides is 1. The Balaban J connectivity index is 3.04. The number of benzene rings is 1. The number of primary amides is 1. The van der Waals surface area contributed by atoms with Gasteiger partial charge < -0.3 is 5.73 Å². The van der Waals surface area contributed by atoms with Crippen LogP contribution in [0.4, 0.5) is 5.69 Å². The molecule has 6 heteroatoms. The lowest BCUT2D eigenvalue weighted by Gasteiger charge is -2.24. The summed E-state index contributed by atoms with van der Waals surface area (Å²) in [5.74, 6) is -0.422. The monoisotopic (exact) mass is 284 g/mol. The number of aryl methyl sites for hydroxylation is 1. The minimum absolute atomic E-state index is 0.177. The normalized spacial score (nSPS) is 11.3. The molecule has 0 saturated heterocycles. The summed E-state index contributed by atoms with van der Waals surface area (Å²) in [6, 6.07) is 5.53. The van der Waals surface area contributed by atoms with E-state index in [0.29, 0.717) is 12.1 Å². The highest BCUT2D eigenvalue weighted by atomic mass is 32.2. The summed E-state index contributed by atoms with van der Waals surface area (Å²) in [4.78, 5) is 10.7. The first kappa shape index (κ1) is 15.5. The second-order valence-corrected chi connectivity index (χ2v) is 6.53. The summed E-state index contributed by atoms with van der Waals surface area (Å²) in [5, 5.41) is 0. The molecule has 0 aliphatic rings. The molecule has 0 unspecified atom stereocenters. The van der Waals surface area contributed by atoms with Crippen LogP contribution in [-0.4, -0.2) is 27.1 Å². The first-order valence-corrected chi connectivity index (χ1v) is 7.90. The molecule has 19 heavy (non-hydrogen) atoms. The standard InChI is InChI=1S/C13H20N2O3S/c1-10-6-4-7-12(11(10)2)15(19(3,17)18)9-5-8-13(14)16/h4,6-7H,5,8-9H2,1-3H3,(H2,14,16). The Morgan fingerprint density at radius 1 is 1.32 bits per heavy atom. The van der Waals surface area contributed by atoms with Crippen molar-refractivity contribution in [3.8, 4) is 0 Å². The molecule has 0 aliphatic heterocycles. The number of carbonyl (C=O) groups is 1. The van der Waals surface area contributed by atoms with E-state index in [2.05, 4.69) is 0 Å². The largest absolute Gasteiger partial charge is 0.370 e. The Bertz CT molecular complexity index is 567. The number of amides is 1. The maximum absolute atomic E-state index is 11.9. The molecule has 0 aromatic heterocycles. The van der Waals surface area contributed by atoms with Crippen molar-refractivity contribution >= 4 is 21.6 Å². The van der Waals surface area contributed by atoms with Gasteiger partial charge in [-0.05, 0) is 37.5 Å². The van der Waals surface area contributed by atoms with Crippen molar-refractivity contribution in [2.45, 2.75) is 26.7 Å². The van der Waals surface area contributed by atoms with Crippen LogP contribution < -0.4 is 10.0 Å². The average molecular weight is 284 g/mol. The number of anilines is 1. The van der Waals surface area contributed by atoms with E-state index in [0.717, 1.165) is 11.1 Å². The molecule has 0 aliphatic carbocycles. The van der Waals surface area contributed by atoms with Crippen LogP contribution in [0.15, 0.2) is 18.2 Å². The van der Waals surface area contributed by atoms with Crippen LogP contribution in [0, 0.1) is 13.8 Å². The van der Waals surface area contributed by atoms with E-state index in [1.54, 1.807) is 6.07 Å². The molecule has 1 aromatic carbocycles. The van der Waals surface area contributed by atoms with Crippen molar-refractivity contribution in [2.75, 3.05) is 17.1 Å². The number of nitrogens with two attached hydrogens (primary N) is 1. The lowest BCUT2D eigenvalue weighted by Crippen LogP contribution is -2.32. The minimum Gasteiger partial charge on any atom is -0.370 e. The predicted molar refractivity (Wildman–Crippen MR) is 76.5 cm³/mol. The van der Waals surface area contributed by atoms with E-state index in [4.69, 9.17) is 5.73 Å². The number of hydrogen-bond acceptors (Lipinski definition) is 3. The SMILES string of the molecule is Cc1cccc(N(CCCC(N)=O)S(C)(=O)=O)c1C. The molecule has 0 spiro atoms. The van der Waals surface area contributed by atoms with Crippen LogP contribution in [0.1, 0.15) is 24.0 Å². The lowest BCUT2D eigenvalue weighted by atomic mass is 10.1. The van der Waals surface area contributed by atoms with Gasteiger partial charge in [0.25, 0.3) is 0 Å². The highest BCUT2D eigenvalue weighted by Crippen LogP contribution is 2.25. The quantitative estimate of drug-likeness (QED) is 0.856. The molecule has 1 amide bonds. The van der Waals surface area contributed by atoms with E-state index in [1.165, 1.54) is 10.6 Å². The van der Waals surface area contributed by atoms with E-state index in [1.807, 2.05) is 26.0 Å². The maximum atomic E-state index is 11.9. The third kappa shape index (κ3) is 4.24. The van der Waals surface area contributed by atoms with Gasteiger partial charge in [-0.1, -0.05) is 12.1 Å². The zero-order chi connectivity index (χ0) is 14.6. The van der Waals surface area contributed by atoms with Gasteiger partial charge in [0.1, 0.15) is 0 Å². The summed E-state index contributed by atoms with van der Waals surface area (Å²) < 4.78 is 25.1. The van der Waals surface area contributed by atoms with Crippen LogP contribution in [0.25, 0.3) is 0 Å². The molecule has 0 radical (unpaired) electrons. The second kappa shape index (κ2) is 6.06. The van der Waals surface area contributed by atoms with Gasteiger partial charge in [0.2, 0.25) is 15.9 Å². The van der Waals surface area contributed by atoms with Crippen molar-refractivity contribution in [3.05, 3.63) is 29.3 Å². The molecule has 0 fully saturated rings. The Morgan fingerprint density at radius 3 is 2.47 bits per heavy atom. The molecular weight excluding hydrogens is 264 g/mol. The molecule has 5 nitrogen and oxygen atoms in total. The number of rotatable bonds is 6. The van der Waals surface area contributed by atoms with Gasteiger partial charge in [0.05, 0.1) is 11.9 Å². The van der Waals surface area contributed by atoms with Gasteiger partial charge >= 0.3 is 0 Å². The Morgan fingerprint density at radius 2 is 1.95 bits per heavy atom. The maximum Gasteiger partial charge on any atom is 0.232 e. The van der Waals surface area contributed by atoms with Gasteiger partial charge in [-0.15, -0.1) is 0 Å². The molecule has 1 rings (SSSR count). The van der Waals surface area contributed by atoms with Gasteiger partial charge in [-0.3, -0.25) is 9.10 Å². The molecule has 2 N–H and O–H groups in total. The van der Waals surface area contributed by atoms with Crippen LogP contribution in [0.3, 0.4) is 0 Å². The van der Waals surface area contributed by atoms with Crippen LogP contribution in [0.2, 0.25) is 0 Å². The second-order valence-electron chi connectivity index (χ2n) is 4.62. The minimum atomic E-state index is -3.37. The fourth-order valence-corrected chi connectivity index (χ4v) is 2.88. The van der Waals surface area contributed by atoms with E-state index < -0.39 is 15.9 Å². The van der Waals surface area contributed by atoms with Crippen LogP contribution >= 0.6 is 0 Å². The van der Waals surface area contributed by atoms with Crippen LogP contribution in [0.5, 0.6) is 0 Å². The van der Waals surface area contributed by atoms with E-state index in [-0.39, 0.29) is 13.0 Å². The zero-order valence-corrected chi connectivity index (χ0v) is 12.3. The van der Waals surface area contributed by atoms with Crippen molar-refractivity contribution in [1.29, 1.82) is 0 Å².